The maximum Gasteiger partial charge on any atom is 0.203 e. The zero-order chi connectivity index (χ0) is 22.4. The van der Waals surface area contributed by atoms with Crippen molar-refractivity contribution >= 4 is 5.78 Å². The molecule has 31 heavy (non-hydrogen) atoms. The summed E-state index contributed by atoms with van der Waals surface area (Å²) >= 11 is 0. The molecule has 0 radical (unpaired) electrons. The van der Waals surface area contributed by atoms with Crippen molar-refractivity contribution in [2.75, 3.05) is 0 Å². The van der Waals surface area contributed by atoms with Gasteiger partial charge in [-0.3, -0.25) is 4.79 Å². The monoisotopic (exact) mass is 434 g/mol. The average Bonchev–Trinajstić information content (AvgIpc) is 2.72. The van der Waals surface area contributed by atoms with E-state index in [1.807, 2.05) is 0 Å². The number of phenolic OH excluding ortho intramolecular Hbond substituents is 3. The number of phenols is 3. The van der Waals surface area contributed by atoms with Gasteiger partial charge in [-0.2, -0.15) is 0 Å². The first-order valence-electron chi connectivity index (χ1n) is 9.58. The fourth-order valence-corrected chi connectivity index (χ4v) is 3.72. The Morgan fingerprint density at radius 3 is 2.26 bits per heavy atom. The lowest BCUT2D eigenvalue weighted by atomic mass is 9.92. The molecule has 0 aromatic heterocycles. The van der Waals surface area contributed by atoms with Crippen molar-refractivity contribution in [3.63, 3.8) is 0 Å². The quantitative estimate of drug-likeness (QED) is 0.396. The van der Waals surface area contributed by atoms with Gasteiger partial charge in [-0.25, -0.2) is 0 Å². The lowest BCUT2D eigenvalue weighted by molar-refractivity contribution is -0.304. The molecule has 2 aliphatic rings. The minimum atomic E-state index is -1.66. The van der Waals surface area contributed by atoms with E-state index in [9.17, 15) is 35.4 Å². The Kier molecular flexibility index (Phi) is 5.50. The van der Waals surface area contributed by atoms with Gasteiger partial charge in [-0.05, 0) is 24.6 Å². The predicted octanol–water partition coefficient (Wildman–Crippen LogP) is 0.332. The van der Waals surface area contributed by atoms with Crippen molar-refractivity contribution in [3.05, 3.63) is 47.5 Å². The largest absolute Gasteiger partial charge is 0.508 e. The standard InChI is InChI=1S/C21H22O10/c1-8-15(25)17(27)18(28)21(29-8)31-20-16(26)14-12(24)6-11(23)7-13(14)30-19(20)9-2-4-10(22)5-3-9/h2-8,15,17-25,27-28H,1H3/t8-,15-,17+,18+,19+,20+,21+/m0/s1. The summed E-state index contributed by atoms with van der Waals surface area (Å²) in [5, 5.41) is 59.8. The number of fused-ring (bicyclic) bond motifs is 1. The number of aliphatic hydroxyl groups is 3. The second-order valence-electron chi connectivity index (χ2n) is 7.57. The minimum Gasteiger partial charge on any atom is -0.508 e. The normalized spacial score (nSPS) is 32.9. The molecule has 0 bridgehead atoms. The number of ketones is 1. The van der Waals surface area contributed by atoms with Crippen LogP contribution in [0.1, 0.15) is 28.9 Å². The lowest BCUT2D eigenvalue weighted by Gasteiger charge is -2.42. The summed E-state index contributed by atoms with van der Waals surface area (Å²) in [7, 11) is 0. The minimum absolute atomic E-state index is 0.0176. The number of benzene rings is 2. The highest BCUT2D eigenvalue weighted by atomic mass is 16.7. The van der Waals surface area contributed by atoms with Crippen LogP contribution in [0.5, 0.6) is 23.0 Å². The first kappa shape index (κ1) is 21.3. The van der Waals surface area contributed by atoms with Crippen molar-refractivity contribution in [3.8, 4) is 23.0 Å². The smallest absolute Gasteiger partial charge is 0.203 e. The maximum absolute atomic E-state index is 13.3. The third-order valence-corrected chi connectivity index (χ3v) is 5.41. The molecule has 2 aromatic carbocycles. The summed E-state index contributed by atoms with van der Waals surface area (Å²) in [6.45, 7) is 1.47. The van der Waals surface area contributed by atoms with Crippen LogP contribution in [0.4, 0.5) is 0 Å². The van der Waals surface area contributed by atoms with Crippen molar-refractivity contribution in [1.82, 2.24) is 0 Å². The van der Waals surface area contributed by atoms with Gasteiger partial charge >= 0.3 is 0 Å². The predicted molar refractivity (Wildman–Crippen MR) is 103 cm³/mol. The molecule has 6 N–H and O–H groups in total. The number of aliphatic hydroxyl groups excluding tert-OH is 3. The van der Waals surface area contributed by atoms with Gasteiger partial charge in [0.05, 0.1) is 6.10 Å². The summed E-state index contributed by atoms with van der Waals surface area (Å²) in [4.78, 5) is 13.3. The molecule has 4 rings (SSSR count). The molecule has 7 atom stereocenters. The molecule has 166 valence electrons. The molecule has 2 aromatic rings. The molecular formula is C21H22O10. The third-order valence-electron chi connectivity index (χ3n) is 5.41. The van der Waals surface area contributed by atoms with Crippen LogP contribution < -0.4 is 4.74 Å². The van der Waals surface area contributed by atoms with Gasteiger partial charge in [0.15, 0.2) is 18.5 Å². The van der Waals surface area contributed by atoms with E-state index in [4.69, 9.17) is 14.2 Å². The van der Waals surface area contributed by atoms with E-state index in [0.717, 1.165) is 6.07 Å². The number of Topliss-reactive ketones (excluding diaryl/α,β-unsaturated/α-hetero) is 1. The molecule has 0 unspecified atom stereocenters. The van der Waals surface area contributed by atoms with Gasteiger partial charge < -0.3 is 44.8 Å². The van der Waals surface area contributed by atoms with Crippen LogP contribution in [-0.4, -0.2) is 73.2 Å². The molecule has 0 aliphatic carbocycles. The van der Waals surface area contributed by atoms with Gasteiger partial charge in [0.25, 0.3) is 0 Å². The summed E-state index contributed by atoms with van der Waals surface area (Å²) in [6.07, 6.45) is -9.49. The summed E-state index contributed by atoms with van der Waals surface area (Å²) in [6, 6.07) is 7.90. The van der Waals surface area contributed by atoms with Crippen LogP contribution in [-0.2, 0) is 9.47 Å². The summed E-state index contributed by atoms with van der Waals surface area (Å²) < 4.78 is 17.0. The number of rotatable bonds is 3. The Morgan fingerprint density at radius 1 is 0.903 bits per heavy atom. The molecule has 0 saturated carbocycles. The zero-order valence-corrected chi connectivity index (χ0v) is 16.3. The van der Waals surface area contributed by atoms with E-state index in [2.05, 4.69) is 0 Å². The van der Waals surface area contributed by atoms with Crippen molar-refractivity contribution in [2.45, 2.75) is 49.8 Å². The van der Waals surface area contributed by atoms with Crippen LogP contribution in [0.3, 0.4) is 0 Å². The molecule has 10 nitrogen and oxygen atoms in total. The third kappa shape index (κ3) is 3.80. The second kappa shape index (κ2) is 7.98. The van der Waals surface area contributed by atoms with E-state index in [1.54, 1.807) is 0 Å². The number of ether oxygens (including phenoxy) is 3. The highest BCUT2D eigenvalue weighted by molar-refractivity contribution is 6.05. The Labute approximate surface area is 176 Å². The Bertz CT molecular complexity index is 975. The van der Waals surface area contributed by atoms with E-state index < -0.39 is 54.4 Å². The van der Waals surface area contributed by atoms with E-state index in [1.165, 1.54) is 37.3 Å². The summed E-state index contributed by atoms with van der Waals surface area (Å²) in [5.74, 6) is -1.64. The van der Waals surface area contributed by atoms with E-state index in [0.29, 0.717) is 5.56 Å². The molecule has 2 heterocycles. The Morgan fingerprint density at radius 2 is 1.58 bits per heavy atom. The lowest BCUT2D eigenvalue weighted by Crippen LogP contribution is -2.59. The van der Waals surface area contributed by atoms with Crippen LogP contribution in [0.25, 0.3) is 0 Å². The van der Waals surface area contributed by atoms with Gasteiger partial charge in [0, 0.05) is 12.1 Å². The average molecular weight is 434 g/mol. The van der Waals surface area contributed by atoms with Crippen LogP contribution >= 0.6 is 0 Å². The Balaban J connectivity index is 1.73. The van der Waals surface area contributed by atoms with Crippen molar-refractivity contribution in [2.24, 2.45) is 0 Å². The molecular weight excluding hydrogens is 412 g/mol. The van der Waals surface area contributed by atoms with Crippen LogP contribution in [0, 0.1) is 0 Å². The molecule has 0 amide bonds. The van der Waals surface area contributed by atoms with Crippen LogP contribution in [0.15, 0.2) is 36.4 Å². The van der Waals surface area contributed by atoms with Gasteiger partial charge in [0.2, 0.25) is 5.78 Å². The fourth-order valence-electron chi connectivity index (χ4n) is 3.72. The highest BCUT2D eigenvalue weighted by Gasteiger charge is 2.48. The second-order valence-corrected chi connectivity index (χ2v) is 7.57. The summed E-state index contributed by atoms with van der Waals surface area (Å²) in [5.41, 5.74) is 0.195. The van der Waals surface area contributed by atoms with Crippen LogP contribution in [0.2, 0.25) is 0 Å². The number of hydrogen-bond acceptors (Lipinski definition) is 10. The van der Waals surface area contributed by atoms with Crippen molar-refractivity contribution < 1.29 is 49.6 Å². The Hall–Kier alpha value is -2.89. The number of aromatic hydroxyl groups is 3. The topological polar surface area (TPSA) is 166 Å². The molecule has 10 heteroatoms. The van der Waals surface area contributed by atoms with Crippen molar-refractivity contribution in [1.29, 1.82) is 0 Å². The number of hydrogen-bond donors (Lipinski definition) is 6. The molecule has 1 saturated heterocycles. The number of carbonyl (C=O) groups is 1. The molecule has 0 spiro atoms. The van der Waals surface area contributed by atoms with E-state index >= 15 is 0 Å². The SMILES string of the molecule is C[C@@H]1O[C@H](O[C@@H]2C(=O)c3c(O)cc(O)cc3O[C@@H]2c2ccc(O)cc2)[C@H](O)[C@H](O)[C@H]1O. The first-order valence-corrected chi connectivity index (χ1v) is 9.58. The zero-order valence-electron chi connectivity index (χ0n) is 16.3. The maximum atomic E-state index is 13.3. The highest BCUT2D eigenvalue weighted by Crippen LogP contribution is 2.43. The molecule has 1 fully saturated rings. The fraction of sp³-hybridized carbons (Fsp3) is 0.381. The van der Waals surface area contributed by atoms with Gasteiger partial charge in [-0.15, -0.1) is 0 Å². The molecule has 2 aliphatic heterocycles. The van der Waals surface area contributed by atoms with Gasteiger partial charge in [0.1, 0.15) is 46.9 Å². The first-order chi connectivity index (χ1) is 14.7. The number of carbonyl (C=O) groups excluding carboxylic acids is 1. The van der Waals surface area contributed by atoms with Gasteiger partial charge in [-0.1, -0.05) is 12.1 Å². The van der Waals surface area contributed by atoms with E-state index in [-0.39, 0.29) is 22.8 Å².